The predicted molar refractivity (Wildman–Crippen MR) is 154 cm³/mol. The van der Waals surface area contributed by atoms with E-state index in [1.807, 2.05) is 12.1 Å². The van der Waals surface area contributed by atoms with Gasteiger partial charge in [-0.05, 0) is 59.7 Å². The molecule has 37 heavy (non-hydrogen) atoms. The second-order valence-electron chi connectivity index (χ2n) is 10.7. The maximum Gasteiger partial charge on any atom is 1.00 e. The van der Waals surface area contributed by atoms with E-state index in [-0.39, 0.29) is 34.5 Å². The molecule has 0 atom stereocenters. The van der Waals surface area contributed by atoms with Gasteiger partial charge in [0.15, 0.2) is 0 Å². The summed E-state index contributed by atoms with van der Waals surface area (Å²) in [5, 5.41) is 1.99. The minimum atomic E-state index is -4.43. The van der Waals surface area contributed by atoms with E-state index in [9.17, 15) is 13.0 Å². The first kappa shape index (κ1) is 34.6. The molecule has 2 aromatic carbocycles. The van der Waals surface area contributed by atoms with Crippen LogP contribution < -0.4 is 29.6 Å². The summed E-state index contributed by atoms with van der Waals surface area (Å²) >= 11 is 0. The third-order valence-corrected chi connectivity index (χ3v) is 8.40. The van der Waals surface area contributed by atoms with Crippen molar-refractivity contribution in [2.75, 3.05) is 0 Å². The van der Waals surface area contributed by atoms with E-state index in [0.717, 1.165) is 23.6 Å². The van der Waals surface area contributed by atoms with Crippen molar-refractivity contribution in [3.8, 4) is 0 Å². The molecule has 5 heteroatoms. The monoisotopic (exact) mass is 538 g/mol. The molecule has 2 aromatic rings. The molecule has 0 amide bonds. The molecule has 0 aliphatic heterocycles. The Labute approximate surface area is 250 Å². The fourth-order valence-corrected chi connectivity index (χ4v) is 5.85. The Balaban J connectivity index is 0.00000684. The van der Waals surface area contributed by atoms with E-state index in [2.05, 4.69) is 19.9 Å². The second kappa shape index (κ2) is 20.5. The quantitative estimate of drug-likeness (QED) is 0.0987. The zero-order chi connectivity index (χ0) is 26.1. The van der Waals surface area contributed by atoms with Gasteiger partial charge in [0, 0.05) is 0 Å². The molecule has 0 saturated heterocycles. The van der Waals surface area contributed by atoms with Gasteiger partial charge in [-0.3, -0.25) is 0 Å². The van der Waals surface area contributed by atoms with Crippen LogP contribution in [0.3, 0.4) is 0 Å². The Kier molecular flexibility index (Phi) is 19.2. The van der Waals surface area contributed by atoms with Crippen LogP contribution in [0.15, 0.2) is 35.2 Å². The summed E-state index contributed by atoms with van der Waals surface area (Å²) in [5.41, 5.74) is 2.77. The molecule has 0 bridgehead atoms. The van der Waals surface area contributed by atoms with Gasteiger partial charge in [0.1, 0.15) is 10.1 Å². The normalized spacial score (nSPS) is 11.6. The van der Waals surface area contributed by atoms with E-state index < -0.39 is 10.1 Å². The zero-order valence-corrected chi connectivity index (χ0v) is 27.0. The van der Waals surface area contributed by atoms with Gasteiger partial charge in [-0.25, -0.2) is 8.42 Å². The summed E-state index contributed by atoms with van der Waals surface area (Å²) in [4.78, 5) is -0.129. The Bertz CT molecular complexity index is 971. The van der Waals surface area contributed by atoms with Crippen molar-refractivity contribution in [2.24, 2.45) is 0 Å². The van der Waals surface area contributed by atoms with E-state index >= 15 is 0 Å². The van der Waals surface area contributed by atoms with Crippen molar-refractivity contribution >= 4 is 20.9 Å². The molecule has 0 aromatic heterocycles. The van der Waals surface area contributed by atoms with E-state index in [1.54, 1.807) is 6.07 Å². The van der Waals surface area contributed by atoms with Gasteiger partial charge in [-0.15, -0.1) is 0 Å². The van der Waals surface area contributed by atoms with Crippen molar-refractivity contribution in [2.45, 2.75) is 147 Å². The summed E-state index contributed by atoms with van der Waals surface area (Å²) in [5.74, 6) is 0. The van der Waals surface area contributed by atoms with E-state index in [1.165, 1.54) is 133 Å². The first-order valence-corrected chi connectivity index (χ1v) is 16.4. The Morgan fingerprint density at radius 1 is 0.595 bits per heavy atom. The molecule has 0 aliphatic rings. The van der Waals surface area contributed by atoms with Gasteiger partial charge in [0.2, 0.25) is 0 Å². The van der Waals surface area contributed by atoms with Gasteiger partial charge in [-0.1, -0.05) is 135 Å². The molecule has 2 rings (SSSR count). The van der Waals surface area contributed by atoms with Crippen molar-refractivity contribution in [1.29, 1.82) is 0 Å². The second-order valence-corrected chi connectivity index (χ2v) is 12.1. The smallest absolute Gasteiger partial charge is 0.744 e. The Morgan fingerprint density at radius 2 is 1.05 bits per heavy atom. The molecule has 3 nitrogen and oxygen atoms in total. The van der Waals surface area contributed by atoms with Crippen LogP contribution in [0.4, 0.5) is 0 Å². The molecule has 0 aliphatic carbocycles. The Morgan fingerprint density at radius 3 is 1.54 bits per heavy atom. The number of rotatable bonds is 21. The summed E-state index contributed by atoms with van der Waals surface area (Å²) in [6.45, 7) is 4.53. The van der Waals surface area contributed by atoms with Crippen LogP contribution in [-0.2, 0) is 23.0 Å². The third kappa shape index (κ3) is 14.0. The molecular formula is C32H51NaO3S. The van der Waals surface area contributed by atoms with Crippen molar-refractivity contribution in [1.82, 2.24) is 0 Å². The molecule has 0 N–H and O–H groups in total. The maximum atomic E-state index is 11.5. The van der Waals surface area contributed by atoms with Crippen LogP contribution in [0.1, 0.15) is 141 Å². The predicted octanol–water partition coefficient (Wildman–Crippen LogP) is 6.89. The topological polar surface area (TPSA) is 57.2 Å². The summed E-state index contributed by atoms with van der Waals surface area (Å²) < 4.78 is 34.6. The van der Waals surface area contributed by atoms with Gasteiger partial charge in [0.25, 0.3) is 0 Å². The standard InChI is InChI=1S/C32H52O3S.Na/c1-3-5-7-9-11-13-15-17-19-21-28-23-24-29-27-30(36(33,34)35)25-26-32(29)31(28)22-20-18-16-14-12-10-8-6-4-2;/h23-27H,3-22H2,1-2H3,(H,33,34,35);/q;+1/p-1. The van der Waals surface area contributed by atoms with Crippen LogP contribution in [0, 0.1) is 0 Å². The number of hydrogen-bond acceptors (Lipinski definition) is 3. The van der Waals surface area contributed by atoms with Gasteiger partial charge >= 0.3 is 29.6 Å². The number of benzene rings is 2. The number of aryl methyl sites for hydroxylation is 2. The van der Waals surface area contributed by atoms with Gasteiger partial charge < -0.3 is 4.55 Å². The molecule has 0 saturated carbocycles. The van der Waals surface area contributed by atoms with E-state index in [0.29, 0.717) is 0 Å². The van der Waals surface area contributed by atoms with Gasteiger partial charge in [-0.2, -0.15) is 0 Å². The fraction of sp³-hybridized carbons (Fsp3) is 0.688. The summed E-state index contributed by atoms with van der Waals surface area (Å²) in [6.07, 6.45) is 25.8. The van der Waals surface area contributed by atoms with Crippen molar-refractivity contribution in [3.05, 3.63) is 41.5 Å². The summed E-state index contributed by atoms with van der Waals surface area (Å²) in [7, 11) is -4.43. The van der Waals surface area contributed by atoms with Crippen LogP contribution in [-0.4, -0.2) is 13.0 Å². The minimum absolute atomic E-state index is 0. The first-order valence-electron chi connectivity index (χ1n) is 15.0. The molecular weight excluding hydrogens is 487 g/mol. The van der Waals surface area contributed by atoms with Crippen molar-refractivity contribution < 1.29 is 42.5 Å². The number of unbranched alkanes of at least 4 members (excludes halogenated alkanes) is 16. The zero-order valence-electron chi connectivity index (χ0n) is 24.2. The van der Waals surface area contributed by atoms with Crippen LogP contribution in [0.25, 0.3) is 10.8 Å². The van der Waals surface area contributed by atoms with E-state index in [4.69, 9.17) is 0 Å². The van der Waals surface area contributed by atoms with Crippen LogP contribution >= 0.6 is 0 Å². The molecule has 0 unspecified atom stereocenters. The average molecular weight is 539 g/mol. The minimum Gasteiger partial charge on any atom is -0.744 e. The number of fused-ring (bicyclic) bond motifs is 1. The SMILES string of the molecule is CCCCCCCCCCCc1ccc2cc(S(=O)(=O)[O-])ccc2c1CCCCCCCCCCC.[Na+]. The van der Waals surface area contributed by atoms with Crippen molar-refractivity contribution in [3.63, 3.8) is 0 Å². The molecule has 0 heterocycles. The Hall–Kier alpha value is -0.390. The van der Waals surface area contributed by atoms with Crippen LogP contribution in [0.2, 0.25) is 0 Å². The first-order chi connectivity index (χ1) is 17.5. The maximum absolute atomic E-state index is 11.5. The van der Waals surface area contributed by atoms with Crippen LogP contribution in [0.5, 0.6) is 0 Å². The molecule has 204 valence electrons. The molecule has 0 fully saturated rings. The average Bonchev–Trinajstić information content (AvgIpc) is 2.86. The third-order valence-electron chi connectivity index (χ3n) is 7.57. The molecule has 0 spiro atoms. The fourth-order valence-electron chi connectivity index (χ4n) is 5.34. The number of hydrogen-bond donors (Lipinski definition) is 0. The van der Waals surface area contributed by atoms with Gasteiger partial charge in [0.05, 0.1) is 4.90 Å². The largest absolute Gasteiger partial charge is 1.00 e. The molecule has 0 radical (unpaired) electrons. The summed E-state index contributed by atoms with van der Waals surface area (Å²) in [6, 6.07) is 9.10.